The summed E-state index contributed by atoms with van der Waals surface area (Å²) < 4.78 is 0. The third-order valence-corrected chi connectivity index (χ3v) is 4.76. The molecule has 20 heavy (non-hydrogen) atoms. The summed E-state index contributed by atoms with van der Waals surface area (Å²) in [7, 11) is 0. The monoisotopic (exact) mass is 271 g/mol. The second-order valence-electron chi connectivity index (χ2n) is 6.35. The van der Waals surface area contributed by atoms with Crippen LogP contribution in [0.15, 0.2) is 42.5 Å². The molecule has 1 aromatic rings. The first-order valence-corrected chi connectivity index (χ1v) is 8.12. The Morgan fingerprint density at radius 2 is 1.85 bits per heavy atom. The second kappa shape index (κ2) is 7.08. The molecular weight excluding hydrogens is 242 g/mol. The van der Waals surface area contributed by atoms with E-state index in [1.807, 2.05) is 0 Å². The van der Waals surface area contributed by atoms with Gasteiger partial charge in [-0.15, -0.1) is 6.58 Å². The maximum absolute atomic E-state index is 4.16. The molecule has 0 radical (unpaired) electrons. The van der Waals surface area contributed by atoms with Gasteiger partial charge in [0.15, 0.2) is 0 Å². The molecule has 0 amide bonds. The zero-order valence-corrected chi connectivity index (χ0v) is 13.1. The summed E-state index contributed by atoms with van der Waals surface area (Å²) in [4.78, 5) is 0. The molecule has 1 saturated carbocycles. The Morgan fingerprint density at radius 3 is 2.40 bits per heavy atom. The van der Waals surface area contributed by atoms with Gasteiger partial charge in [-0.2, -0.15) is 0 Å². The van der Waals surface area contributed by atoms with Gasteiger partial charge >= 0.3 is 0 Å². The largest absolute Gasteiger partial charge is 0.313 e. The van der Waals surface area contributed by atoms with E-state index in [1.54, 1.807) is 0 Å². The minimum atomic E-state index is 0.300. The van der Waals surface area contributed by atoms with Crippen LogP contribution in [0.5, 0.6) is 0 Å². The lowest BCUT2D eigenvalue weighted by atomic mass is 9.63. The molecule has 2 rings (SSSR count). The van der Waals surface area contributed by atoms with E-state index < -0.39 is 0 Å². The molecule has 1 heteroatoms. The predicted molar refractivity (Wildman–Crippen MR) is 88.1 cm³/mol. The average Bonchev–Trinajstić information content (AvgIpc) is 2.48. The fraction of sp³-hybridized carbons (Fsp3) is 0.579. The lowest BCUT2D eigenvalue weighted by Crippen LogP contribution is -2.49. The Labute approximate surface area is 124 Å². The molecule has 0 aliphatic heterocycles. The molecule has 1 aromatic carbocycles. The van der Waals surface area contributed by atoms with E-state index in [0.717, 1.165) is 13.0 Å². The third kappa shape index (κ3) is 3.32. The van der Waals surface area contributed by atoms with E-state index in [-0.39, 0.29) is 0 Å². The molecule has 0 saturated heterocycles. The standard InChI is InChI=1S/C19H29N/c1-4-20-18(15-16(2)3)19(13-9-6-10-14-19)17-11-7-5-8-12-17/h5,7-8,11-12,18,20H,2,4,6,9-10,13-15H2,1,3H3. The molecule has 0 bridgehead atoms. The van der Waals surface area contributed by atoms with Crippen LogP contribution in [0.3, 0.4) is 0 Å². The van der Waals surface area contributed by atoms with Crippen LogP contribution in [0.25, 0.3) is 0 Å². The van der Waals surface area contributed by atoms with Gasteiger partial charge in [-0.3, -0.25) is 0 Å². The highest BCUT2D eigenvalue weighted by Gasteiger charge is 2.40. The summed E-state index contributed by atoms with van der Waals surface area (Å²) in [5.41, 5.74) is 3.11. The van der Waals surface area contributed by atoms with E-state index in [2.05, 4.69) is 56.1 Å². The van der Waals surface area contributed by atoms with E-state index in [9.17, 15) is 0 Å². The van der Waals surface area contributed by atoms with Gasteiger partial charge in [-0.05, 0) is 38.3 Å². The van der Waals surface area contributed by atoms with Gasteiger partial charge in [-0.25, -0.2) is 0 Å². The SMILES string of the molecule is C=C(C)CC(NCC)C1(c2ccccc2)CCCCC1. The van der Waals surface area contributed by atoms with Gasteiger partial charge in [0.1, 0.15) is 0 Å². The van der Waals surface area contributed by atoms with Crippen molar-refractivity contribution in [2.45, 2.75) is 63.8 Å². The number of nitrogens with one attached hydrogen (secondary N) is 1. The Bertz CT molecular complexity index is 415. The van der Waals surface area contributed by atoms with Crippen molar-refractivity contribution < 1.29 is 0 Å². The van der Waals surface area contributed by atoms with Crippen molar-refractivity contribution in [3.63, 3.8) is 0 Å². The summed E-state index contributed by atoms with van der Waals surface area (Å²) in [6.07, 6.45) is 7.80. The zero-order valence-electron chi connectivity index (χ0n) is 13.1. The summed E-state index contributed by atoms with van der Waals surface area (Å²) >= 11 is 0. The van der Waals surface area contributed by atoms with Crippen LogP contribution in [-0.2, 0) is 5.41 Å². The van der Waals surface area contributed by atoms with Gasteiger partial charge in [0.25, 0.3) is 0 Å². The van der Waals surface area contributed by atoms with Gasteiger partial charge in [0.05, 0.1) is 0 Å². The number of benzene rings is 1. The maximum Gasteiger partial charge on any atom is 0.0201 e. The van der Waals surface area contributed by atoms with Crippen LogP contribution in [0.1, 0.15) is 57.9 Å². The van der Waals surface area contributed by atoms with Crippen molar-refractivity contribution >= 4 is 0 Å². The lowest BCUT2D eigenvalue weighted by Gasteiger charge is -2.45. The summed E-state index contributed by atoms with van der Waals surface area (Å²) in [6.45, 7) is 9.56. The van der Waals surface area contributed by atoms with Crippen molar-refractivity contribution in [1.82, 2.24) is 5.32 Å². The van der Waals surface area contributed by atoms with Crippen molar-refractivity contribution in [1.29, 1.82) is 0 Å². The molecule has 1 aliphatic carbocycles. The van der Waals surface area contributed by atoms with E-state index >= 15 is 0 Å². The molecule has 1 fully saturated rings. The summed E-state index contributed by atoms with van der Waals surface area (Å²) in [5, 5.41) is 3.76. The Kier molecular flexibility index (Phi) is 5.42. The van der Waals surface area contributed by atoms with Crippen LogP contribution >= 0.6 is 0 Å². The normalized spacial score (nSPS) is 19.5. The molecule has 110 valence electrons. The smallest absolute Gasteiger partial charge is 0.0201 e. The molecule has 1 N–H and O–H groups in total. The quantitative estimate of drug-likeness (QED) is 0.731. The summed E-state index contributed by atoms with van der Waals surface area (Å²) in [6, 6.07) is 11.7. The molecule has 1 nitrogen and oxygen atoms in total. The minimum absolute atomic E-state index is 0.300. The van der Waals surface area contributed by atoms with Crippen LogP contribution in [0.2, 0.25) is 0 Å². The number of hydrogen-bond acceptors (Lipinski definition) is 1. The van der Waals surface area contributed by atoms with Crippen molar-refractivity contribution in [2.75, 3.05) is 6.54 Å². The third-order valence-electron chi connectivity index (χ3n) is 4.76. The van der Waals surface area contributed by atoms with E-state index in [1.165, 1.54) is 43.2 Å². The fourth-order valence-corrected chi connectivity index (χ4v) is 3.85. The Balaban J connectivity index is 2.36. The lowest BCUT2D eigenvalue weighted by molar-refractivity contribution is 0.212. The molecule has 0 aromatic heterocycles. The van der Waals surface area contributed by atoms with Gasteiger partial charge in [0.2, 0.25) is 0 Å². The highest BCUT2D eigenvalue weighted by atomic mass is 14.9. The fourth-order valence-electron chi connectivity index (χ4n) is 3.85. The van der Waals surface area contributed by atoms with Gasteiger partial charge in [-0.1, -0.05) is 62.1 Å². The molecular formula is C19H29N. The molecule has 1 aliphatic rings. The second-order valence-corrected chi connectivity index (χ2v) is 6.35. The average molecular weight is 271 g/mol. The predicted octanol–water partition coefficient (Wildman–Crippen LogP) is 4.83. The minimum Gasteiger partial charge on any atom is -0.313 e. The van der Waals surface area contributed by atoms with Crippen molar-refractivity contribution in [2.24, 2.45) is 0 Å². The van der Waals surface area contributed by atoms with Crippen LogP contribution < -0.4 is 5.32 Å². The van der Waals surface area contributed by atoms with E-state index in [4.69, 9.17) is 0 Å². The molecule has 1 unspecified atom stereocenters. The first-order valence-electron chi connectivity index (χ1n) is 8.12. The first-order chi connectivity index (χ1) is 9.69. The van der Waals surface area contributed by atoms with Crippen molar-refractivity contribution in [3.8, 4) is 0 Å². The number of likely N-dealkylation sites (N-methyl/N-ethyl adjacent to an activating group) is 1. The topological polar surface area (TPSA) is 12.0 Å². The molecule has 0 spiro atoms. The Hall–Kier alpha value is -1.08. The number of rotatable bonds is 6. The van der Waals surface area contributed by atoms with Crippen LogP contribution in [0, 0.1) is 0 Å². The van der Waals surface area contributed by atoms with Crippen LogP contribution in [-0.4, -0.2) is 12.6 Å². The maximum atomic E-state index is 4.16. The first kappa shape index (κ1) is 15.3. The molecule has 0 heterocycles. The molecule has 1 atom stereocenters. The zero-order chi connectivity index (χ0) is 14.4. The Morgan fingerprint density at radius 1 is 1.20 bits per heavy atom. The van der Waals surface area contributed by atoms with Crippen LogP contribution in [0.4, 0.5) is 0 Å². The number of hydrogen-bond donors (Lipinski definition) is 1. The van der Waals surface area contributed by atoms with Crippen molar-refractivity contribution in [3.05, 3.63) is 48.0 Å². The van der Waals surface area contributed by atoms with Gasteiger partial charge in [0, 0.05) is 11.5 Å². The highest BCUT2D eigenvalue weighted by Crippen LogP contribution is 2.43. The van der Waals surface area contributed by atoms with Gasteiger partial charge < -0.3 is 5.32 Å². The highest BCUT2D eigenvalue weighted by molar-refractivity contribution is 5.29. The van der Waals surface area contributed by atoms with E-state index in [0.29, 0.717) is 11.5 Å². The summed E-state index contributed by atoms with van der Waals surface area (Å²) in [5.74, 6) is 0.